The lowest BCUT2D eigenvalue weighted by molar-refractivity contribution is -0.131. The van der Waals surface area contributed by atoms with Crippen molar-refractivity contribution in [3.05, 3.63) is 35.4 Å². The van der Waals surface area contributed by atoms with Gasteiger partial charge in [0, 0.05) is 39.1 Å². The molecule has 2 rings (SSSR count). The second-order valence-corrected chi connectivity index (χ2v) is 6.66. The predicted octanol–water partition coefficient (Wildman–Crippen LogP) is 2.52. The number of rotatable bonds is 7. The van der Waals surface area contributed by atoms with E-state index in [1.807, 2.05) is 17.0 Å². The second-order valence-electron chi connectivity index (χ2n) is 6.66. The Kier molecular flexibility index (Phi) is 7.09. The average molecular weight is 330 g/mol. The summed E-state index contributed by atoms with van der Waals surface area (Å²) in [5.74, 6) is 1.61. The van der Waals surface area contributed by atoms with Crippen molar-refractivity contribution in [1.29, 1.82) is 0 Å². The fraction of sp³-hybridized carbons (Fsp3) is 0.579. The standard InChI is InChI=1S/C19H30N4O/c1-4-20-19(22-12-15(2)3)21-11-7-10-18(24)23-13-16-8-5-6-9-17(16)14-23/h5-6,8-9,15H,4,7,10-14H2,1-3H3,(H2,20,21,22). The molecule has 0 unspecified atom stereocenters. The van der Waals surface area contributed by atoms with Crippen molar-refractivity contribution in [2.24, 2.45) is 10.9 Å². The Morgan fingerprint density at radius 3 is 2.46 bits per heavy atom. The van der Waals surface area contributed by atoms with Crippen molar-refractivity contribution in [3.8, 4) is 0 Å². The van der Waals surface area contributed by atoms with Gasteiger partial charge in [-0.05, 0) is 30.4 Å². The number of amides is 1. The molecule has 0 radical (unpaired) electrons. The first-order valence-electron chi connectivity index (χ1n) is 8.97. The summed E-state index contributed by atoms with van der Waals surface area (Å²) in [5, 5.41) is 6.54. The van der Waals surface area contributed by atoms with Crippen LogP contribution in [0.4, 0.5) is 0 Å². The quantitative estimate of drug-likeness (QED) is 0.459. The third kappa shape index (κ3) is 5.55. The molecule has 1 aromatic carbocycles. The molecule has 0 spiro atoms. The first kappa shape index (κ1) is 18.3. The molecule has 1 aliphatic rings. The van der Waals surface area contributed by atoms with Gasteiger partial charge in [-0.3, -0.25) is 9.79 Å². The highest BCUT2D eigenvalue weighted by Crippen LogP contribution is 2.22. The molecule has 5 heteroatoms. The predicted molar refractivity (Wildman–Crippen MR) is 98.7 cm³/mol. The topological polar surface area (TPSA) is 56.7 Å². The summed E-state index contributed by atoms with van der Waals surface area (Å²) in [6.07, 6.45) is 1.39. The molecule has 1 amide bonds. The maximum Gasteiger partial charge on any atom is 0.223 e. The fourth-order valence-corrected chi connectivity index (χ4v) is 2.73. The molecule has 0 aromatic heterocycles. The molecule has 0 aliphatic carbocycles. The number of hydrogen-bond donors (Lipinski definition) is 2. The minimum Gasteiger partial charge on any atom is -0.357 e. The minimum atomic E-state index is 0.233. The van der Waals surface area contributed by atoms with E-state index in [-0.39, 0.29) is 5.91 Å². The van der Waals surface area contributed by atoms with Crippen molar-refractivity contribution in [3.63, 3.8) is 0 Å². The summed E-state index contributed by atoms with van der Waals surface area (Å²) < 4.78 is 0. The van der Waals surface area contributed by atoms with Gasteiger partial charge in [0.05, 0.1) is 0 Å². The van der Waals surface area contributed by atoms with Crippen LogP contribution in [0, 0.1) is 5.92 Å². The Bertz CT molecular complexity index is 543. The lowest BCUT2D eigenvalue weighted by atomic mass is 10.1. The van der Waals surface area contributed by atoms with Gasteiger partial charge >= 0.3 is 0 Å². The van der Waals surface area contributed by atoms with Gasteiger partial charge in [0.1, 0.15) is 0 Å². The summed E-state index contributed by atoms with van der Waals surface area (Å²) in [5.41, 5.74) is 2.55. The Morgan fingerprint density at radius 2 is 1.88 bits per heavy atom. The van der Waals surface area contributed by atoms with E-state index in [2.05, 4.69) is 48.5 Å². The number of carbonyl (C=O) groups is 1. The number of aliphatic imine (C=N–C) groups is 1. The van der Waals surface area contributed by atoms with Gasteiger partial charge in [-0.1, -0.05) is 38.1 Å². The fourth-order valence-electron chi connectivity index (χ4n) is 2.73. The van der Waals surface area contributed by atoms with Crippen LogP contribution < -0.4 is 10.6 Å². The third-order valence-corrected chi connectivity index (χ3v) is 4.01. The lowest BCUT2D eigenvalue weighted by Crippen LogP contribution is -2.38. The van der Waals surface area contributed by atoms with Gasteiger partial charge in [0.2, 0.25) is 5.91 Å². The van der Waals surface area contributed by atoms with Crippen molar-refractivity contribution in [1.82, 2.24) is 15.5 Å². The van der Waals surface area contributed by atoms with E-state index in [0.29, 0.717) is 12.3 Å². The summed E-state index contributed by atoms with van der Waals surface area (Å²) in [4.78, 5) is 18.8. The van der Waals surface area contributed by atoms with Crippen LogP contribution >= 0.6 is 0 Å². The summed E-state index contributed by atoms with van der Waals surface area (Å²) >= 11 is 0. The summed E-state index contributed by atoms with van der Waals surface area (Å²) in [6.45, 7) is 10.3. The van der Waals surface area contributed by atoms with Crippen LogP contribution in [0.5, 0.6) is 0 Å². The summed E-state index contributed by atoms with van der Waals surface area (Å²) in [7, 11) is 0. The van der Waals surface area contributed by atoms with Crippen molar-refractivity contribution in [2.45, 2.75) is 46.7 Å². The van der Waals surface area contributed by atoms with Gasteiger partial charge in [0.15, 0.2) is 5.96 Å². The first-order chi connectivity index (χ1) is 11.6. The summed E-state index contributed by atoms with van der Waals surface area (Å²) in [6, 6.07) is 8.29. The lowest BCUT2D eigenvalue weighted by Gasteiger charge is -2.16. The molecular weight excluding hydrogens is 300 g/mol. The first-order valence-corrected chi connectivity index (χ1v) is 8.97. The zero-order valence-corrected chi connectivity index (χ0v) is 15.1. The highest BCUT2D eigenvalue weighted by molar-refractivity contribution is 5.80. The van der Waals surface area contributed by atoms with Crippen LogP contribution in [0.2, 0.25) is 0 Å². The number of nitrogens with zero attached hydrogens (tertiary/aromatic N) is 2. The smallest absolute Gasteiger partial charge is 0.223 e. The van der Waals surface area contributed by atoms with Crippen LogP contribution in [-0.4, -0.2) is 36.4 Å². The van der Waals surface area contributed by atoms with E-state index in [1.165, 1.54) is 11.1 Å². The van der Waals surface area contributed by atoms with E-state index in [4.69, 9.17) is 0 Å². The Balaban J connectivity index is 1.70. The van der Waals surface area contributed by atoms with Gasteiger partial charge in [-0.25, -0.2) is 0 Å². The molecular formula is C19H30N4O. The molecule has 0 saturated heterocycles. The molecule has 0 fully saturated rings. The van der Waals surface area contributed by atoms with E-state index < -0.39 is 0 Å². The van der Waals surface area contributed by atoms with E-state index in [0.717, 1.165) is 45.1 Å². The van der Waals surface area contributed by atoms with Crippen LogP contribution in [0.1, 0.15) is 44.7 Å². The maximum absolute atomic E-state index is 12.4. The number of benzene rings is 1. The molecule has 0 saturated carbocycles. The molecule has 24 heavy (non-hydrogen) atoms. The van der Waals surface area contributed by atoms with Gasteiger partial charge in [-0.15, -0.1) is 0 Å². The van der Waals surface area contributed by atoms with Crippen molar-refractivity contribution >= 4 is 11.9 Å². The molecule has 1 aliphatic heterocycles. The highest BCUT2D eigenvalue weighted by atomic mass is 16.2. The van der Waals surface area contributed by atoms with E-state index in [9.17, 15) is 4.79 Å². The molecule has 1 aromatic rings. The van der Waals surface area contributed by atoms with Gasteiger partial charge < -0.3 is 15.5 Å². The highest BCUT2D eigenvalue weighted by Gasteiger charge is 2.22. The number of fused-ring (bicyclic) bond motifs is 1. The zero-order valence-electron chi connectivity index (χ0n) is 15.1. The van der Waals surface area contributed by atoms with Crippen LogP contribution in [0.15, 0.2) is 29.3 Å². The van der Waals surface area contributed by atoms with E-state index in [1.54, 1.807) is 0 Å². The number of guanidine groups is 1. The Hall–Kier alpha value is -2.04. The molecule has 1 heterocycles. The molecule has 2 N–H and O–H groups in total. The van der Waals surface area contributed by atoms with Gasteiger partial charge in [-0.2, -0.15) is 0 Å². The Labute approximate surface area is 145 Å². The number of hydrogen-bond acceptors (Lipinski definition) is 2. The zero-order chi connectivity index (χ0) is 17.4. The van der Waals surface area contributed by atoms with Crippen molar-refractivity contribution < 1.29 is 4.79 Å². The SMILES string of the molecule is CCNC(=NCC(C)C)NCCCC(=O)N1Cc2ccccc2C1. The van der Waals surface area contributed by atoms with Crippen LogP contribution in [-0.2, 0) is 17.9 Å². The largest absolute Gasteiger partial charge is 0.357 e. The second kappa shape index (κ2) is 9.30. The number of carbonyl (C=O) groups excluding carboxylic acids is 1. The van der Waals surface area contributed by atoms with E-state index >= 15 is 0 Å². The van der Waals surface area contributed by atoms with Gasteiger partial charge in [0.25, 0.3) is 0 Å². The monoisotopic (exact) mass is 330 g/mol. The van der Waals surface area contributed by atoms with Crippen molar-refractivity contribution in [2.75, 3.05) is 19.6 Å². The normalized spacial score (nSPS) is 14.0. The van der Waals surface area contributed by atoms with Crippen LogP contribution in [0.25, 0.3) is 0 Å². The number of nitrogens with one attached hydrogen (secondary N) is 2. The average Bonchev–Trinajstić information content (AvgIpc) is 3.00. The molecule has 132 valence electrons. The third-order valence-electron chi connectivity index (χ3n) is 4.01. The Morgan fingerprint density at radius 1 is 1.21 bits per heavy atom. The minimum absolute atomic E-state index is 0.233. The van der Waals surface area contributed by atoms with Crippen LogP contribution in [0.3, 0.4) is 0 Å². The maximum atomic E-state index is 12.4. The molecule has 0 bridgehead atoms. The molecule has 0 atom stereocenters. The molecule has 5 nitrogen and oxygen atoms in total.